The largest absolute Gasteiger partial charge is 0.340 e. The van der Waals surface area contributed by atoms with Gasteiger partial charge in [-0.25, -0.2) is 4.79 Å². The molecule has 0 spiro atoms. The van der Waals surface area contributed by atoms with E-state index in [-0.39, 0.29) is 23.8 Å². The number of carbonyl (C=O) groups is 3. The topological polar surface area (TPSA) is 81.8 Å². The zero-order valence-electron chi connectivity index (χ0n) is 13.6. The van der Waals surface area contributed by atoms with E-state index in [9.17, 15) is 14.4 Å². The quantitative estimate of drug-likeness (QED) is 0.726. The summed E-state index contributed by atoms with van der Waals surface area (Å²) in [6.07, 6.45) is 1.54. The van der Waals surface area contributed by atoms with Crippen LogP contribution in [0.25, 0.3) is 0 Å². The highest BCUT2D eigenvalue weighted by Gasteiger charge is 2.30. The molecule has 1 rings (SSSR count). The molecule has 0 atom stereocenters. The van der Waals surface area contributed by atoms with Gasteiger partial charge in [0.2, 0.25) is 11.8 Å². The van der Waals surface area contributed by atoms with Crippen molar-refractivity contribution in [3.05, 3.63) is 12.7 Å². The minimum Gasteiger partial charge on any atom is -0.340 e. The van der Waals surface area contributed by atoms with Crippen LogP contribution in [0.4, 0.5) is 4.79 Å². The Hall–Kier alpha value is -1.89. The fraction of sp³-hybridized carbons (Fsp3) is 0.667. The Morgan fingerprint density at radius 1 is 1.14 bits per heavy atom. The first kappa shape index (κ1) is 18.2. The zero-order chi connectivity index (χ0) is 16.8. The first-order chi connectivity index (χ1) is 10.2. The monoisotopic (exact) mass is 310 g/mol. The van der Waals surface area contributed by atoms with Crippen molar-refractivity contribution in [2.75, 3.05) is 39.3 Å². The average Bonchev–Trinajstić information content (AvgIpc) is 2.44. The Labute approximate surface area is 131 Å². The molecule has 1 aliphatic rings. The Bertz CT molecular complexity index is 435. The molecule has 1 aliphatic heterocycles. The number of amides is 4. The van der Waals surface area contributed by atoms with Crippen molar-refractivity contribution in [2.45, 2.75) is 20.8 Å². The van der Waals surface area contributed by atoms with Gasteiger partial charge in [-0.1, -0.05) is 26.8 Å². The highest BCUT2D eigenvalue weighted by atomic mass is 16.2. The van der Waals surface area contributed by atoms with Crippen LogP contribution in [0.1, 0.15) is 20.8 Å². The molecule has 0 aromatic rings. The Kier molecular flexibility index (Phi) is 6.55. The smallest absolute Gasteiger partial charge is 0.321 e. The van der Waals surface area contributed by atoms with Crippen molar-refractivity contribution in [3.63, 3.8) is 0 Å². The number of nitrogens with one attached hydrogen (secondary N) is 2. The number of rotatable bonds is 4. The van der Waals surface area contributed by atoms with E-state index in [1.165, 1.54) is 6.08 Å². The molecule has 7 heteroatoms. The molecule has 2 N–H and O–H groups in total. The van der Waals surface area contributed by atoms with E-state index >= 15 is 0 Å². The van der Waals surface area contributed by atoms with Crippen molar-refractivity contribution in [3.8, 4) is 0 Å². The number of hydrogen-bond donors (Lipinski definition) is 2. The van der Waals surface area contributed by atoms with Crippen molar-refractivity contribution in [1.29, 1.82) is 0 Å². The molecule has 0 saturated carbocycles. The van der Waals surface area contributed by atoms with Gasteiger partial charge in [-0.3, -0.25) is 19.8 Å². The predicted octanol–water partition coefficient (Wildman–Crippen LogP) is 0.189. The van der Waals surface area contributed by atoms with Gasteiger partial charge in [0.15, 0.2) is 0 Å². The minimum absolute atomic E-state index is 0.125. The fourth-order valence-corrected chi connectivity index (χ4v) is 2.16. The zero-order valence-corrected chi connectivity index (χ0v) is 13.6. The lowest BCUT2D eigenvalue weighted by Crippen LogP contribution is -2.54. The molecule has 0 aliphatic carbocycles. The minimum atomic E-state index is -0.522. The van der Waals surface area contributed by atoms with Crippen LogP contribution in [0, 0.1) is 5.41 Å². The van der Waals surface area contributed by atoms with Gasteiger partial charge in [0.05, 0.1) is 6.54 Å². The van der Waals surface area contributed by atoms with Crippen LogP contribution in [0.3, 0.4) is 0 Å². The summed E-state index contributed by atoms with van der Waals surface area (Å²) in [4.78, 5) is 39.0. The predicted molar refractivity (Wildman–Crippen MR) is 84.2 cm³/mol. The van der Waals surface area contributed by atoms with E-state index in [0.29, 0.717) is 32.7 Å². The van der Waals surface area contributed by atoms with Crippen molar-refractivity contribution >= 4 is 17.8 Å². The molecule has 1 saturated heterocycles. The first-order valence-electron chi connectivity index (χ1n) is 7.44. The van der Waals surface area contributed by atoms with Gasteiger partial charge in [0.1, 0.15) is 0 Å². The number of imide groups is 1. The van der Waals surface area contributed by atoms with Crippen molar-refractivity contribution < 1.29 is 14.4 Å². The summed E-state index contributed by atoms with van der Waals surface area (Å²) < 4.78 is 0. The summed E-state index contributed by atoms with van der Waals surface area (Å²) in [5, 5.41) is 4.74. The van der Waals surface area contributed by atoms with Gasteiger partial charge in [-0.15, -0.1) is 6.58 Å². The Morgan fingerprint density at radius 3 is 2.23 bits per heavy atom. The molecule has 1 heterocycles. The average molecular weight is 310 g/mol. The van der Waals surface area contributed by atoms with Crippen LogP contribution in [-0.2, 0) is 9.59 Å². The highest BCUT2D eigenvalue weighted by Crippen LogP contribution is 2.18. The Morgan fingerprint density at radius 2 is 1.73 bits per heavy atom. The Balaban J connectivity index is 2.33. The molecule has 124 valence electrons. The fourth-order valence-electron chi connectivity index (χ4n) is 2.16. The normalized spacial score (nSPS) is 16.0. The van der Waals surface area contributed by atoms with Gasteiger partial charge >= 0.3 is 6.03 Å². The van der Waals surface area contributed by atoms with Gasteiger partial charge < -0.3 is 10.2 Å². The summed E-state index contributed by atoms with van der Waals surface area (Å²) in [5.74, 6) is -0.224. The number of urea groups is 1. The van der Waals surface area contributed by atoms with Crippen molar-refractivity contribution in [2.24, 2.45) is 5.41 Å². The maximum Gasteiger partial charge on any atom is 0.321 e. The molecule has 0 aromatic carbocycles. The summed E-state index contributed by atoms with van der Waals surface area (Å²) in [5.41, 5.74) is -0.386. The second kappa shape index (κ2) is 7.93. The summed E-state index contributed by atoms with van der Waals surface area (Å²) in [6.45, 7) is 12.1. The third-order valence-electron chi connectivity index (χ3n) is 3.33. The van der Waals surface area contributed by atoms with Crippen LogP contribution >= 0.6 is 0 Å². The van der Waals surface area contributed by atoms with Crippen LogP contribution in [0.15, 0.2) is 12.7 Å². The van der Waals surface area contributed by atoms with Crippen LogP contribution in [0.2, 0.25) is 0 Å². The number of carbonyl (C=O) groups excluding carboxylic acids is 3. The van der Waals surface area contributed by atoms with Crippen LogP contribution in [0.5, 0.6) is 0 Å². The molecule has 4 amide bonds. The number of nitrogens with zero attached hydrogens (tertiary/aromatic N) is 2. The lowest BCUT2D eigenvalue weighted by molar-refractivity contribution is -0.141. The van der Waals surface area contributed by atoms with E-state index in [1.54, 1.807) is 0 Å². The molecule has 7 nitrogen and oxygen atoms in total. The van der Waals surface area contributed by atoms with E-state index < -0.39 is 6.03 Å². The molecular weight excluding hydrogens is 284 g/mol. The summed E-state index contributed by atoms with van der Waals surface area (Å²) >= 11 is 0. The van der Waals surface area contributed by atoms with Crippen LogP contribution < -0.4 is 10.6 Å². The van der Waals surface area contributed by atoms with E-state index in [1.807, 2.05) is 30.6 Å². The van der Waals surface area contributed by atoms with Gasteiger partial charge in [-0.2, -0.15) is 0 Å². The SMILES string of the molecule is C=CCNC(=O)NC(=O)CN1CCN(C(=O)C(C)(C)C)CC1. The summed E-state index contributed by atoms with van der Waals surface area (Å²) in [7, 11) is 0. The molecule has 0 radical (unpaired) electrons. The summed E-state index contributed by atoms with van der Waals surface area (Å²) in [6, 6.07) is -0.522. The van der Waals surface area contributed by atoms with E-state index in [0.717, 1.165) is 0 Å². The first-order valence-corrected chi connectivity index (χ1v) is 7.44. The highest BCUT2D eigenvalue weighted by molar-refractivity contribution is 5.95. The molecule has 1 fully saturated rings. The second-order valence-corrected chi connectivity index (χ2v) is 6.37. The number of hydrogen-bond acceptors (Lipinski definition) is 4. The maximum atomic E-state index is 12.2. The van der Waals surface area contributed by atoms with Crippen LogP contribution in [-0.4, -0.2) is 66.9 Å². The van der Waals surface area contributed by atoms with Gasteiger partial charge in [0, 0.05) is 38.1 Å². The lowest BCUT2D eigenvalue weighted by atomic mass is 9.94. The number of piperazine rings is 1. The molecule has 0 aromatic heterocycles. The molecular formula is C15H26N4O3. The molecule has 0 unspecified atom stereocenters. The molecule has 0 bridgehead atoms. The van der Waals surface area contributed by atoms with Gasteiger partial charge in [0.25, 0.3) is 0 Å². The third-order valence-corrected chi connectivity index (χ3v) is 3.33. The van der Waals surface area contributed by atoms with Gasteiger partial charge in [-0.05, 0) is 0 Å². The standard InChI is InChI=1S/C15H26N4O3/c1-5-6-16-14(22)17-12(20)11-18-7-9-19(10-8-18)13(21)15(2,3)4/h5H,1,6-11H2,2-4H3,(H2,16,17,20,22). The van der Waals surface area contributed by atoms with E-state index in [2.05, 4.69) is 17.2 Å². The second-order valence-electron chi connectivity index (χ2n) is 6.37. The maximum absolute atomic E-state index is 12.2. The lowest BCUT2D eigenvalue weighted by Gasteiger charge is -2.37. The van der Waals surface area contributed by atoms with Crippen molar-refractivity contribution in [1.82, 2.24) is 20.4 Å². The third kappa shape index (κ3) is 5.85. The van der Waals surface area contributed by atoms with E-state index in [4.69, 9.17) is 0 Å². The molecule has 22 heavy (non-hydrogen) atoms.